The Morgan fingerprint density at radius 1 is 1.19 bits per heavy atom. The van der Waals surface area contributed by atoms with Gasteiger partial charge in [0.05, 0.1) is 10.5 Å². The molecule has 0 radical (unpaired) electrons. The predicted octanol–water partition coefficient (Wildman–Crippen LogP) is 5.25. The van der Waals surface area contributed by atoms with Crippen molar-refractivity contribution in [2.24, 2.45) is 0 Å². The Kier molecular flexibility index (Phi) is 16.4. The van der Waals surface area contributed by atoms with E-state index < -0.39 is 19.3 Å². The van der Waals surface area contributed by atoms with E-state index in [0.717, 1.165) is 26.2 Å². The molecule has 1 atom stereocenters. The van der Waals surface area contributed by atoms with Gasteiger partial charge in [0.1, 0.15) is 6.61 Å². The summed E-state index contributed by atoms with van der Waals surface area (Å²) < 4.78 is 20.7. The molecule has 1 N–H and O–H groups in total. The van der Waals surface area contributed by atoms with Gasteiger partial charge in [0.25, 0.3) is 5.69 Å². The van der Waals surface area contributed by atoms with Crippen LogP contribution in [0, 0.1) is 10.1 Å². The van der Waals surface area contributed by atoms with E-state index in [1.54, 1.807) is 25.1 Å². The van der Waals surface area contributed by atoms with Crippen LogP contribution in [-0.4, -0.2) is 52.0 Å². The molecule has 0 aliphatic carbocycles. The molecule has 1 amide bonds. The van der Waals surface area contributed by atoms with E-state index in [-0.39, 0.29) is 18.6 Å². The van der Waals surface area contributed by atoms with Crippen molar-refractivity contribution in [3.63, 3.8) is 0 Å². The molecule has 0 spiro atoms. The maximum atomic E-state index is 11.0. The smallest absolute Gasteiger partial charge is 0.407 e. The van der Waals surface area contributed by atoms with Gasteiger partial charge in [-0.2, -0.15) is 0 Å². The normalized spacial score (nSPS) is 15.4. The summed E-state index contributed by atoms with van der Waals surface area (Å²) >= 11 is 0. The molecule has 1 saturated heterocycles. The number of carbonyl (C=O) groups is 1. The first kappa shape index (κ1) is 30.0. The number of nitrogens with zero attached hydrogens (tertiary/aromatic N) is 1. The van der Waals surface area contributed by atoms with Crippen molar-refractivity contribution >= 4 is 20.1 Å². The van der Waals surface area contributed by atoms with Crippen LogP contribution < -0.4 is 5.32 Å². The van der Waals surface area contributed by atoms with Gasteiger partial charge in [-0.3, -0.25) is 10.1 Å². The van der Waals surface area contributed by atoms with Gasteiger partial charge in [-0.1, -0.05) is 12.1 Å². The fourth-order valence-electron chi connectivity index (χ4n) is 2.61. The van der Waals surface area contributed by atoms with Gasteiger partial charge in [-0.15, -0.1) is 0 Å². The number of benzene rings is 1. The van der Waals surface area contributed by atoms with E-state index in [9.17, 15) is 14.9 Å². The fraction of sp³-hybridized carbons (Fsp3) is 0.682. The third-order valence-corrected chi connectivity index (χ3v) is 5.09. The number of para-hydroxylation sites is 1. The molecule has 1 fully saturated rings. The van der Waals surface area contributed by atoms with Gasteiger partial charge >= 0.3 is 6.09 Å². The summed E-state index contributed by atoms with van der Waals surface area (Å²) in [5.41, 5.74) is 0.325. The van der Waals surface area contributed by atoms with E-state index in [1.165, 1.54) is 18.9 Å². The molecule has 10 heteroatoms. The molecule has 184 valence electrons. The Morgan fingerprint density at radius 2 is 1.88 bits per heavy atom. The third kappa shape index (κ3) is 15.7. The van der Waals surface area contributed by atoms with Gasteiger partial charge in [0.15, 0.2) is 14.6 Å². The zero-order valence-electron chi connectivity index (χ0n) is 20.3. The number of hydrogen-bond donors (Lipinski definition) is 1. The number of nitro groups is 1. The van der Waals surface area contributed by atoms with Crippen LogP contribution in [0.5, 0.6) is 0 Å². The van der Waals surface area contributed by atoms with Crippen LogP contribution in [0.15, 0.2) is 24.3 Å². The standard InChI is InChI=1S/C10H12N2O4.C7H14O2.C5H14OSi/c1-2-11-10(13)16-7-8-5-3-4-6-9(8)12(14)15;1-2-8-7-5-3-4-6-9-7;1-5-6-7(2,3)4/h3-6H,2,7H2,1H3,(H,11,13);7H,2-6H2,1H3;5H2,1-4H3. The van der Waals surface area contributed by atoms with Crippen LogP contribution in [0.3, 0.4) is 0 Å². The van der Waals surface area contributed by atoms with E-state index >= 15 is 0 Å². The minimum atomic E-state index is -1.16. The summed E-state index contributed by atoms with van der Waals surface area (Å²) in [5.74, 6) is 0. The lowest BCUT2D eigenvalue weighted by molar-refractivity contribution is -0.385. The number of hydrogen-bond acceptors (Lipinski definition) is 7. The lowest BCUT2D eigenvalue weighted by atomic mass is 10.2. The van der Waals surface area contributed by atoms with E-state index in [0.29, 0.717) is 12.1 Å². The summed E-state index contributed by atoms with van der Waals surface area (Å²) in [6, 6.07) is 6.14. The minimum Gasteiger partial charge on any atom is -0.444 e. The lowest BCUT2D eigenvalue weighted by Gasteiger charge is -2.21. The van der Waals surface area contributed by atoms with Crippen LogP contribution in [-0.2, 0) is 25.2 Å². The topological polar surface area (TPSA) is 109 Å². The van der Waals surface area contributed by atoms with Crippen molar-refractivity contribution in [1.29, 1.82) is 0 Å². The molecule has 1 aliphatic rings. The van der Waals surface area contributed by atoms with Gasteiger partial charge < -0.3 is 24.0 Å². The number of amides is 1. The van der Waals surface area contributed by atoms with Crippen LogP contribution >= 0.6 is 0 Å². The highest BCUT2D eigenvalue weighted by atomic mass is 28.4. The molecule has 2 rings (SSSR count). The van der Waals surface area contributed by atoms with Crippen molar-refractivity contribution in [3.05, 3.63) is 39.9 Å². The SMILES string of the molecule is CCNC(=O)OCc1ccccc1[N+](=O)[O-].CCOC1CCCCO1.CCO[Si](C)(C)C. The first-order valence-electron chi connectivity index (χ1n) is 11.1. The highest BCUT2D eigenvalue weighted by Crippen LogP contribution is 2.18. The maximum absolute atomic E-state index is 11.0. The Hall–Kier alpha value is -2.01. The minimum absolute atomic E-state index is 0.0493. The molecule has 1 aromatic carbocycles. The van der Waals surface area contributed by atoms with Crippen LogP contribution in [0.1, 0.15) is 45.6 Å². The zero-order chi connectivity index (χ0) is 24.4. The van der Waals surface area contributed by atoms with Gasteiger partial charge in [-0.25, -0.2) is 4.79 Å². The van der Waals surface area contributed by atoms with Crippen molar-refractivity contribution in [3.8, 4) is 0 Å². The molecular formula is C22H40N2O7Si. The van der Waals surface area contributed by atoms with Crippen LogP contribution in [0.2, 0.25) is 19.6 Å². The molecule has 1 aliphatic heterocycles. The Balaban J connectivity index is 0.000000506. The molecule has 1 aromatic rings. The second kappa shape index (κ2) is 17.5. The lowest BCUT2D eigenvalue weighted by Crippen LogP contribution is -2.24. The highest BCUT2D eigenvalue weighted by molar-refractivity contribution is 6.69. The maximum Gasteiger partial charge on any atom is 0.407 e. The van der Waals surface area contributed by atoms with Gasteiger partial charge in [0, 0.05) is 32.4 Å². The number of rotatable bonds is 8. The second-order valence-electron chi connectivity index (χ2n) is 7.79. The van der Waals surface area contributed by atoms with Crippen LogP contribution in [0.4, 0.5) is 10.5 Å². The molecule has 0 aromatic heterocycles. The van der Waals surface area contributed by atoms with E-state index in [4.69, 9.17) is 18.6 Å². The van der Waals surface area contributed by atoms with Crippen LogP contribution in [0.25, 0.3) is 0 Å². The molecule has 1 unspecified atom stereocenters. The first-order chi connectivity index (χ1) is 15.1. The number of alkyl carbamates (subject to hydrolysis) is 1. The summed E-state index contributed by atoms with van der Waals surface area (Å²) in [4.78, 5) is 21.1. The summed E-state index contributed by atoms with van der Waals surface area (Å²) in [6.45, 7) is 15.2. The largest absolute Gasteiger partial charge is 0.444 e. The number of carbonyl (C=O) groups excluding carboxylic acids is 1. The number of nitro benzene ring substituents is 1. The fourth-order valence-corrected chi connectivity index (χ4v) is 3.48. The van der Waals surface area contributed by atoms with Crippen molar-refractivity contribution in [2.75, 3.05) is 26.4 Å². The van der Waals surface area contributed by atoms with Gasteiger partial charge in [0.2, 0.25) is 0 Å². The second-order valence-corrected chi connectivity index (χ2v) is 12.3. The average Bonchev–Trinajstić information content (AvgIpc) is 2.74. The molecular weight excluding hydrogens is 432 g/mol. The van der Waals surface area contributed by atoms with E-state index in [2.05, 4.69) is 25.0 Å². The summed E-state index contributed by atoms with van der Waals surface area (Å²) in [5, 5.41) is 13.1. The Labute approximate surface area is 193 Å². The molecule has 0 bridgehead atoms. The third-order valence-electron chi connectivity index (χ3n) is 3.94. The predicted molar refractivity (Wildman–Crippen MR) is 127 cm³/mol. The summed E-state index contributed by atoms with van der Waals surface area (Å²) in [7, 11) is -1.16. The monoisotopic (exact) mass is 472 g/mol. The first-order valence-corrected chi connectivity index (χ1v) is 14.5. The Bertz CT molecular complexity index is 645. The van der Waals surface area contributed by atoms with E-state index in [1.807, 2.05) is 13.8 Å². The molecule has 1 heterocycles. The highest BCUT2D eigenvalue weighted by Gasteiger charge is 2.14. The molecule has 0 saturated carbocycles. The Morgan fingerprint density at radius 3 is 2.34 bits per heavy atom. The quantitative estimate of drug-likeness (QED) is 0.313. The van der Waals surface area contributed by atoms with Crippen molar-refractivity contribution in [2.45, 2.75) is 72.6 Å². The van der Waals surface area contributed by atoms with Crippen molar-refractivity contribution < 1.29 is 28.4 Å². The molecule has 32 heavy (non-hydrogen) atoms. The average molecular weight is 473 g/mol. The summed E-state index contributed by atoms with van der Waals surface area (Å²) in [6.07, 6.45) is 3.05. The van der Waals surface area contributed by atoms with Gasteiger partial charge in [-0.05, 0) is 65.7 Å². The number of nitrogens with one attached hydrogen (secondary N) is 1. The zero-order valence-corrected chi connectivity index (χ0v) is 21.3. The number of ether oxygens (including phenoxy) is 3. The van der Waals surface area contributed by atoms with Crippen molar-refractivity contribution in [1.82, 2.24) is 5.32 Å². The molecule has 9 nitrogen and oxygen atoms in total.